The van der Waals surface area contributed by atoms with Crippen molar-refractivity contribution < 1.29 is 4.74 Å². The molecular weight excluding hydrogens is 316 g/mol. The SMILES string of the molecule is CCNC(C)c1ccc(Br)cc1N1CC(C)OCC1C. The molecular formula is C16H25BrN2O. The molecule has 112 valence electrons. The zero-order chi connectivity index (χ0) is 14.7. The molecule has 1 N–H and O–H groups in total. The maximum Gasteiger partial charge on any atom is 0.0723 e. The van der Waals surface area contributed by atoms with Gasteiger partial charge in [0.2, 0.25) is 0 Å². The van der Waals surface area contributed by atoms with Gasteiger partial charge >= 0.3 is 0 Å². The van der Waals surface area contributed by atoms with Crippen LogP contribution in [0.4, 0.5) is 5.69 Å². The molecule has 0 aliphatic carbocycles. The van der Waals surface area contributed by atoms with Crippen molar-refractivity contribution in [2.24, 2.45) is 0 Å². The van der Waals surface area contributed by atoms with E-state index in [4.69, 9.17) is 4.74 Å². The minimum atomic E-state index is 0.285. The van der Waals surface area contributed by atoms with E-state index < -0.39 is 0 Å². The number of nitrogens with one attached hydrogen (secondary N) is 1. The summed E-state index contributed by atoms with van der Waals surface area (Å²) in [5, 5.41) is 3.51. The van der Waals surface area contributed by atoms with Crippen LogP contribution in [0.15, 0.2) is 22.7 Å². The van der Waals surface area contributed by atoms with Gasteiger partial charge in [-0.1, -0.05) is 28.9 Å². The summed E-state index contributed by atoms with van der Waals surface area (Å²) < 4.78 is 6.88. The van der Waals surface area contributed by atoms with Crippen molar-refractivity contribution in [1.82, 2.24) is 5.32 Å². The first-order chi connectivity index (χ1) is 9.52. The molecule has 2 rings (SSSR count). The van der Waals surface area contributed by atoms with Gasteiger partial charge in [0.15, 0.2) is 0 Å². The van der Waals surface area contributed by atoms with E-state index in [-0.39, 0.29) is 6.10 Å². The molecule has 1 aromatic carbocycles. The second kappa shape index (κ2) is 6.92. The number of hydrogen-bond acceptors (Lipinski definition) is 3. The lowest BCUT2D eigenvalue weighted by Crippen LogP contribution is -2.48. The first kappa shape index (κ1) is 15.8. The molecule has 3 unspecified atom stereocenters. The van der Waals surface area contributed by atoms with Gasteiger partial charge in [-0.05, 0) is 45.0 Å². The van der Waals surface area contributed by atoms with Gasteiger partial charge in [-0.15, -0.1) is 0 Å². The summed E-state index contributed by atoms with van der Waals surface area (Å²) in [6.07, 6.45) is 0.285. The number of morpholine rings is 1. The number of halogens is 1. The Labute approximate surface area is 130 Å². The first-order valence-electron chi connectivity index (χ1n) is 7.44. The molecule has 0 aromatic heterocycles. The zero-order valence-electron chi connectivity index (χ0n) is 12.8. The molecule has 3 nitrogen and oxygen atoms in total. The van der Waals surface area contributed by atoms with Crippen LogP contribution in [0.1, 0.15) is 39.3 Å². The molecule has 1 aliphatic heterocycles. The summed E-state index contributed by atoms with van der Waals surface area (Å²) in [7, 11) is 0. The van der Waals surface area contributed by atoms with Crippen LogP contribution in [-0.4, -0.2) is 31.8 Å². The lowest BCUT2D eigenvalue weighted by atomic mass is 10.0. The van der Waals surface area contributed by atoms with Crippen molar-refractivity contribution in [2.75, 3.05) is 24.6 Å². The predicted octanol–water partition coefficient (Wildman–Crippen LogP) is 3.73. The van der Waals surface area contributed by atoms with Crippen LogP contribution < -0.4 is 10.2 Å². The Morgan fingerprint density at radius 1 is 1.45 bits per heavy atom. The van der Waals surface area contributed by atoms with Gasteiger partial charge in [0.1, 0.15) is 0 Å². The fourth-order valence-electron chi connectivity index (χ4n) is 2.79. The van der Waals surface area contributed by atoms with Crippen molar-refractivity contribution in [2.45, 2.75) is 45.9 Å². The van der Waals surface area contributed by atoms with Crippen LogP contribution in [0.3, 0.4) is 0 Å². The molecule has 0 amide bonds. The van der Waals surface area contributed by atoms with Crippen molar-refractivity contribution in [3.05, 3.63) is 28.2 Å². The summed E-state index contributed by atoms with van der Waals surface area (Å²) >= 11 is 3.61. The molecule has 0 spiro atoms. The van der Waals surface area contributed by atoms with Crippen molar-refractivity contribution in [1.29, 1.82) is 0 Å². The maximum atomic E-state index is 5.75. The van der Waals surface area contributed by atoms with Gasteiger partial charge < -0.3 is 15.0 Å². The Kier molecular flexibility index (Phi) is 5.47. The second-order valence-corrected chi connectivity index (χ2v) is 6.54. The van der Waals surface area contributed by atoms with E-state index in [1.165, 1.54) is 11.3 Å². The maximum absolute atomic E-state index is 5.75. The number of anilines is 1. The Bertz CT molecular complexity index is 452. The number of nitrogens with zero attached hydrogens (tertiary/aromatic N) is 1. The van der Waals surface area contributed by atoms with Crippen molar-refractivity contribution >= 4 is 21.6 Å². The largest absolute Gasteiger partial charge is 0.375 e. The third kappa shape index (κ3) is 3.54. The van der Waals surface area contributed by atoms with E-state index >= 15 is 0 Å². The van der Waals surface area contributed by atoms with Crippen LogP contribution in [0, 0.1) is 0 Å². The van der Waals surface area contributed by atoms with Crippen molar-refractivity contribution in [3.63, 3.8) is 0 Å². The van der Waals surface area contributed by atoms with E-state index in [1.54, 1.807) is 0 Å². The van der Waals surface area contributed by atoms with Crippen LogP contribution in [0.5, 0.6) is 0 Å². The van der Waals surface area contributed by atoms with Crippen molar-refractivity contribution in [3.8, 4) is 0 Å². The van der Waals surface area contributed by atoms with E-state index in [2.05, 4.69) is 72.0 Å². The molecule has 3 atom stereocenters. The summed E-state index contributed by atoms with van der Waals surface area (Å²) in [5.41, 5.74) is 2.67. The van der Waals surface area contributed by atoms with Gasteiger partial charge in [-0.2, -0.15) is 0 Å². The minimum Gasteiger partial charge on any atom is -0.375 e. The lowest BCUT2D eigenvalue weighted by molar-refractivity contribution is 0.0343. The smallest absolute Gasteiger partial charge is 0.0723 e. The van der Waals surface area contributed by atoms with E-state index in [9.17, 15) is 0 Å². The second-order valence-electron chi connectivity index (χ2n) is 5.63. The highest BCUT2D eigenvalue weighted by molar-refractivity contribution is 9.10. The Morgan fingerprint density at radius 2 is 2.20 bits per heavy atom. The molecule has 1 heterocycles. The summed E-state index contributed by atoms with van der Waals surface area (Å²) in [6, 6.07) is 7.35. The van der Waals surface area contributed by atoms with Crippen LogP contribution in [0.25, 0.3) is 0 Å². The predicted molar refractivity (Wildman–Crippen MR) is 88.5 cm³/mol. The van der Waals surface area contributed by atoms with E-state index in [1.807, 2.05) is 0 Å². The molecule has 0 radical (unpaired) electrons. The highest BCUT2D eigenvalue weighted by Gasteiger charge is 2.26. The molecule has 1 saturated heterocycles. The van der Waals surface area contributed by atoms with E-state index in [0.717, 1.165) is 24.2 Å². The topological polar surface area (TPSA) is 24.5 Å². The molecule has 0 saturated carbocycles. The minimum absolute atomic E-state index is 0.285. The normalized spacial score (nSPS) is 24.8. The average Bonchev–Trinajstić information content (AvgIpc) is 2.41. The van der Waals surface area contributed by atoms with Crippen LogP contribution >= 0.6 is 15.9 Å². The summed E-state index contributed by atoms with van der Waals surface area (Å²) in [6.45, 7) is 11.5. The summed E-state index contributed by atoms with van der Waals surface area (Å²) in [4.78, 5) is 2.47. The number of rotatable bonds is 4. The van der Waals surface area contributed by atoms with Gasteiger partial charge in [-0.3, -0.25) is 0 Å². The number of benzene rings is 1. The highest BCUT2D eigenvalue weighted by Crippen LogP contribution is 2.32. The van der Waals surface area contributed by atoms with Crippen LogP contribution in [0.2, 0.25) is 0 Å². The Morgan fingerprint density at radius 3 is 2.90 bits per heavy atom. The zero-order valence-corrected chi connectivity index (χ0v) is 14.4. The van der Waals surface area contributed by atoms with E-state index in [0.29, 0.717) is 12.1 Å². The molecule has 1 aromatic rings. The highest BCUT2D eigenvalue weighted by atomic mass is 79.9. The third-order valence-electron chi connectivity index (χ3n) is 3.89. The lowest BCUT2D eigenvalue weighted by Gasteiger charge is -2.40. The third-order valence-corrected chi connectivity index (χ3v) is 4.38. The van der Waals surface area contributed by atoms with Crippen LogP contribution in [-0.2, 0) is 4.74 Å². The molecule has 4 heteroatoms. The standard InChI is InChI=1S/C16H25BrN2O/c1-5-18-13(4)15-7-6-14(17)8-16(15)19-9-12(3)20-10-11(19)2/h6-8,11-13,18H,5,9-10H2,1-4H3. The number of ether oxygens (including phenoxy) is 1. The molecule has 1 fully saturated rings. The molecule has 1 aliphatic rings. The van der Waals surface area contributed by atoms with Gasteiger partial charge in [-0.25, -0.2) is 0 Å². The Balaban J connectivity index is 2.35. The monoisotopic (exact) mass is 340 g/mol. The van der Waals surface area contributed by atoms with Gasteiger partial charge in [0, 0.05) is 28.8 Å². The van der Waals surface area contributed by atoms with Gasteiger partial charge in [0.25, 0.3) is 0 Å². The molecule has 20 heavy (non-hydrogen) atoms. The summed E-state index contributed by atoms with van der Waals surface area (Å²) in [5.74, 6) is 0. The fraction of sp³-hybridized carbons (Fsp3) is 0.625. The molecule has 0 bridgehead atoms. The van der Waals surface area contributed by atoms with Gasteiger partial charge in [0.05, 0.1) is 12.7 Å². The Hall–Kier alpha value is -0.580. The quantitative estimate of drug-likeness (QED) is 0.903. The fourth-order valence-corrected chi connectivity index (χ4v) is 3.14. The first-order valence-corrected chi connectivity index (χ1v) is 8.23. The number of hydrogen-bond donors (Lipinski definition) is 1. The average molecular weight is 341 g/mol.